The largest absolute Gasteiger partial charge is 0.497 e. The highest BCUT2D eigenvalue weighted by molar-refractivity contribution is 5.93. The second kappa shape index (κ2) is 5.99. The standard InChI is InChI=1S/C17H22N2O3/c1-12(20)19-8-7-17(21)18(10-13-3-4-13)11-14-9-15(22-2)5-6-16(14)19/h5-6,9,13H,3-4,7-8,10-11H2,1-2H3. The maximum Gasteiger partial charge on any atom is 0.224 e. The number of anilines is 1. The van der Waals surface area contributed by atoms with Crippen LogP contribution in [0.1, 0.15) is 31.7 Å². The Morgan fingerprint density at radius 3 is 2.77 bits per heavy atom. The predicted molar refractivity (Wildman–Crippen MR) is 83.8 cm³/mol. The molecule has 1 aliphatic heterocycles. The zero-order valence-corrected chi connectivity index (χ0v) is 13.2. The summed E-state index contributed by atoms with van der Waals surface area (Å²) in [7, 11) is 1.63. The molecule has 1 aromatic rings. The van der Waals surface area contributed by atoms with Crippen LogP contribution in [-0.4, -0.2) is 36.9 Å². The molecule has 1 saturated carbocycles. The van der Waals surface area contributed by atoms with Crippen LogP contribution in [0.3, 0.4) is 0 Å². The summed E-state index contributed by atoms with van der Waals surface area (Å²) in [6.45, 7) is 3.36. The van der Waals surface area contributed by atoms with Crippen LogP contribution in [0.15, 0.2) is 18.2 Å². The Bertz CT molecular complexity index is 596. The Kier molecular flexibility index (Phi) is 4.05. The van der Waals surface area contributed by atoms with Crippen molar-refractivity contribution in [3.05, 3.63) is 23.8 Å². The first kappa shape index (κ1) is 14.9. The van der Waals surface area contributed by atoms with Crippen molar-refractivity contribution in [2.75, 3.05) is 25.1 Å². The van der Waals surface area contributed by atoms with E-state index in [1.807, 2.05) is 23.1 Å². The zero-order valence-electron chi connectivity index (χ0n) is 13.2. The fourth-order valence-electron chi connectivity index (χ4n) is 2.96. The molecule has 0 bridgehead atoms. The molecule has 1 fully saturated rings. The van der Waals surface area contributed by atoms with Gasteiger partial charge in [-0.05, 0) is 42.5 Å². The minimum absolute atomic E-state index is 0.0325. The maximum absolute atomic E-state index is 12.4. The second-order valence-electron chi connectivity index (χ2n) is 6.13. The van der Waals surface area contributed by atoms with Crippen LogP contribution in [-0.2, 0) is 16.1 Å². The molecule has 22 heavy (non-hydrogen) atoms. The molecule has 5 heteroatoms. The van der Waals surface area contributed by atoms with Crippen LogP contribution < -0.4 is 9.64 Å². The summed E-state index contributed by atoms with van der Waals surface area (Å²) in [6.07, 6.45) is 2.82. The van der Waals surface area contributed by atoms with Gasteiger partial charge in [-0.3, -0.25) is 9.59 Å². The molecule has 3 rings (SSSR count). The number of carbonyl (C=O) groups excluding carboxylic acids is 2. The smallest absolute Gasteiger partial charge is 0.224 e. The molecule has 0 N–H and O–H groups in total. The van der Waals surface area contributed by atoms with E-state index >= 15 is 0 Å². The van der Waals surface area contributed by atoms with Gasteiger partial charge in [-0.25, -0.2) is 0 Å². The predicted octanol–water partition coefficient (Wildman–Crippen LogP) is 2.19. The van der Waals surface area contributed by atoms with Crippen molar-refractivity contribution >= 4 is 17.5 Å². The highest BCUT2D eigenvalue weighted by Gasteiger charge is 2.30. The molecule has 0 atom stereocenters. The van der Waals surface area contributed by atoms with E-state index < -0.39 is 0 Å². The van der Waals surface area contributed by atoms with Crippen LogP contribution in [0.5, 0.6) is 5.75 Å². The number of nitrogens with zero attached hydrogens (tertiary/aromatic N) is 2. The first-order valence-electron chi connectivity index (χ1n) is 7.81. The van der Waals surface area contributed by atoms with Crippen molar-refractivity contribution in [1.29, 1.82) is 0 Å². The van der Waals surface area contributed by atoms with E-state index in [9.17, 15) is 9.59 Å². The third kappa shape index (κ3) is 3.08. The highest BCUT2D eigenvalue weighted by atomic mass is 16.5. The van der Waals surface area contributed by atoms with E-state index in [0.29, 0.717) is 25.4 Å². The normalized spacial score (nSPS) is 18.5. The lowest BCUT2D eigenvalue weighted by Gasteiger charge is -2.32. The summed E-state index contributed by atoms with van der Waals surface area (Å²) in [5.41, 5.74) is 1.87. The Balaban J connectivity index is 1.95. The number of hydrogen-bond acceptors (Lipinski definition) is 3. The molecular weight excluding hydrogens is 280 g/mol. The minimum atomic E-state index is -0.0325. The Labute approximate surface area is 130 Å². The fraction of sp³-hybridized carbons (Fsp3) is 0.529. The second-order valence-corrected chi connectivity index (χ2v) is 6.13. The number of methoxy groups -OCH3 is 1. The molecule has 118 valence electrons. The third-order valence-corrected chi connectivity index (χ3v) is 4.40. The van der Waals surface area contributed by atoms with Crippen LogP contribution in [0, 0.1) is 5.92 Å². The van der Waals surface area contributed by atoms with E-state index in [1.54, 1.807) is 18.9 Å². The van der Waals surface area contributed by atoms with Crippen molar-refractivity contribution in [3.63, 3.8) is 0 Å². The molecule has 0 radical (unpaired) electrons. The molecule has 2 amide bonds. The molecule has 1 aromatic carbocycles. The summed E-state index contributed by atoms with van der Waals surface area (Å²) in [5.74, 6) is 1.50. The Morgan fingerprint density at radius 1 is 1.36 bits per heavy atom. The summed E-state index contributed by atoms with van der Waals surface area (Å²) in [4.78, 5) is 28.0. The van der Waals surface area contributed by atoms with E-state index in [4.69, 9.17) is 4.74 Å². The number of amides is 2. The Hall–Kier alpha value is -2.04. The van der Waals surface area contributed by atoms with Crippen molar-refractivity contribution in [2.45, 2.75) is 32.7 Å². The first-order chi connectivity index (χ1) is 10.6. The SMILES string of the molecule is COc1ccc2c(c1)CN(CC1CC1)C(=O)CCN2C(C)=O. The molecule has 2 aliphatic rings. The van der Waals surface area contributed by atoms with Gasteiger partial charge in [-0.2, -0.15) is 0 Å². The van der Waals surface area contributed by atoms with Gasteiger partial charge in [0.05, 0.1) is 7.11 Å². The number of carbonyl (C=O) groups is 2. The van der Waals surface area contributed by atoms with E-state index in [1.165, 1.54) is 12.8 Å². The van der Waals surface area contributed by atoms with Gasteiger partial charge in [0.15, 0.2) is 0 Å². The summed E-state index contributed by atoms with van der Waals surface area (Å²) < 4.78 is 5.30. The molecule has 1 heterocycles. The number of fused-ring (bicyclic) bond motifs is 1. The van der Waals surface area contributed by atoms with Crippen LogP contribution in [0.25, 0.3) is 0 Å². The minimum Gasteiger partial charge on any atom is -0.497 e. The van der Waals surface area contributed by atoms with Crippen molar-refractivity contribution in [1.82, 2.24) is 4.90 Å². The van der Waals surface area contributed by atoms with Gasteiger partial charge < -0.3 is 14.5 Å². The molecule has 5 nitrogen and oxygen atoms in total. The van der Waals surface area contributed by atoms with Crippen molar-refractivity contribution < 1.29 is 14.3 Å². The van der Waals surface area contributed by atoms with Crippen LogP contribution in [0.2, 0.25) is 0 Å². The molecular formula is C17H22N2O3. The highest BCUT2D eigenvalue weighted by Crippen LogP contribution is 2.33. The lowest BCUT2D eigenvalue weighted by Crippen LogP contribution is -2.40. The van der Waals surface area contributed by atoms with Gasteiger partial charge in [0.1, 0.15) is 5.75 Å². The lowest BCUT2D eigenvalue weighted by atomic mass is 10.1. The van der Waals surface area contributed by atoms with E-state index in [0.717, 1.165) is 23.5 Å². The number of benzene rings is 1. The van der Waals surface area contributed by atoms with Gasteiger partial charge >= 0.3 is 0 Å². The van der Waals surface area contributed by atoms with Gasteiger partial charge in [-0.15, -0.1) is 0 Å². The number of rotatable bonds is 3. The molecule has 0 unspecified atom stereocenters. The Morgan fingerprint density at radius 2 is 2.14 bits per heavy atom. The summed E-state index contributed by atoms with van der Waals surface area (Å²) >= 11 is 0. The fourth-order valence-corrected chi connectivity index (χ4v) is 2.96. The number of hydrogen-bond donors (Lipinski definition) is 0. The van der Waals surface area contributed by atoms with Crippen molar-refractivity contribution in [3.8, 4) is 5.75 Å². The quantitative estimate of drug-likeness (QED) is 0.860. The topological polar surface area (TPSA) is 49.9 Å². The monoisotopic (exact) mass is 302 g/mol. The molecule has 1 aliphatic carbocycles. The van der Waals surface area contributed by atoms with Gasteiger partial charge in [-0.1, -0.05) is 0 Å². The van der Waals surface area contributed by atoms with Gasteiger partial charge in [0.25, 0.3) is 0 Å². The molecule has 0 aromatic heterocycles. The van der Waals surface area contributed by atoms with Crippen LogP contribution >= 0.6 is 0 Å². The van der Waals surface area contributed by atoms with Crippen LogP contribution in [0.4, 0.5) is 5.69 Å². The average molecular weight is 302 g/mol. The molecule has 0 spiro atoms. The van der Waals surface area contributed by atoms with E-state index in [2.05, 4.69) is 0 Å². The summed E-state index contributed by atoms with van der Waals surface area (Å²) in [6, 6.07) is 5.72. The third-order valence-electron chi connectivity index (χ3n) is 4.40. The summed E-state index contributed by atoms with van der Waals surface area (Å²) in [5, 5.41) is 0. The lowest BCUT2D eigenvalue weighted by molar-refractivity contribution is -0.132. The molecule has 0 saturated heterocycles. The van der Waals surface area contributed by atoms with Gasteiger partial charge in [0.2, 0.25) is 11.8 Å². The van der Waals surface area contributed by atoms with Gasteiger partial charge in [0, 0.05) is 38.7 Å². The zero-order chi connectivity index (χ0) is 15.7. The number of ether oxygens (including phenoxy) is 1. The van der Waals surface area contributed by atoms with E-state index in [-0.39, 0.29) is 11.8 Å². The first-order valence-corrected chi connectivity index (χ1v) is 7.81. The average Bonchev–Trinajstić information content (AvgIpc) is 3.29. The maximum atomic E-state index is 12.4. The van der Waals surface area contributed by atoms with Crippen molar-refractivity contribution in [2.24, 2.45) is 5.92 Å².